The molecule has 3 aliphatic rings. The van der Waals surface area contributed by atoms with Crippen molar-refractivity contribution in [1.82, 2.24) is 25.3 Å². The van der Waals surface area contributed by atoms with Gasteiger partial charge in [0.25, 0.3) is 0 Å². The number of nitrogens with one attached hydrogen (secondary N) is 2. The smallest absolute Gasteiger partial charge is 0.235 e. The molecule has 3 atom stereocenters. The summed E-state index contributed by atoms with van der Waals surface area (Å²) >= 11 is 0. The van der Waals surface area contributed by atoms with Crippen LogP contribution in [0.2, 0.25) is 0 Å². The predicted molar refractivity (Wildman–Crippen MR) is 120 cm³/mol. The van der Waals surface area contributed by atoms with E-state index in [0.29, 0.717) is 25.3 Å². The van der Waals surface area contributed by atoms with Crippen molar-refractivity contribution in [3.8, 4) is 0 Å². The largest absolute Gasteiger partial charge is 0.314 e. The minimum Gasteiger partial charge on any atom is -0.314 e. The normalized spacial score (nSPS) is 28.2. The third kappa shape index (κ3) is 4.18. The molecule has 3 fully saturated rings. The summed E-state index contributed by atoms with van der Waals surface area (Å²) in [6, 6.07) is 6.47. The van der Waals surface area contributed by atoms with Gasteiger partial charge in [-0.3, -0.25) is 19.6 Å². The first-order valence-corrected chi connectivity index (χ1v) is 11.9. The molecule has 172 valence electrons. The summed E-state index contributed by atoms with van der Waals surface area (Å²) in [5.41, 5.74) is 3.09. The molecule has 7 nitrogen and oxygen atoms in total. The van der Waals surface area contributed by atoms with E-state index >= 15 is 0 Å². The highest BCUT2D eigenvalue weighted by molar-refractivity contribution is 6.02. The Morgan fingerprint density at radius 2 is 1.97 bits per heavy atom. The Morgan fingerprint density at radius 3 is 2.72 bits per heavy atom. The first kappa shape index (κ1) is 21.5. The summed E-state index contributed by atoms with van der Waals surface area (Å²) in [5, 5.41) is 11.2. The number of amides is 2. The van der Waals surface area contributed by atoms with E-state index in [2.05, 4.69) is 38.8 Å². The molecule has 0 radical (unpaired) electrons. The van der Waals surface area contributed by atoms with Gasteiger partial charge in [-0.2, -0.15) is 5.10 Å². The van der Waals surface area contributed by atoms with E-state index in [0.717, 1.165) is 62.0 Å². The van der Waals surface area contributed by atoms with Gasteiger partial charge in [-0.25, -0.2) is 4.39 Å². The van der Waals surface area contributed by atoms with E-state index in [1.54, 1.807) is 0 Å². The fourth-order valence-corrected chi connectivity index (χ4v) is 5.63. The number of aryl methyl sites for hydroxylation is 1. The first-order chi connectivity index (χ1) is 15.5. The van der Waals surface area contributed by atoms with E-state index in [1.807, 2.05) is 11.7 Å². The lowest BCUT2D eigenvalue weighted by Gasteiger charge is -2.36. The number of carbonyl (C=O) groups excluding carboxylic acids is 2. The van der Waals surface area contributed by atoms with Gasteiger partial charge in [-0.1, -0.05) is 12.1 Å². The molecule has 3 aliphatic heterocycles. The van der Waals surface area contributed by atoms with E-state index in [-0.39, 0.29) is 23.7 Å². The van der Waals surface area contributed by atoms with E-state index < -0.39 is 6.17 Å². The molecule has 2 amide bonds. The molecule has 2 N–H and O–H groups in total. The Morgan fingerprint density at radius 1 is 1.16 bits per heavy atom. The lowest BCUT2D eigenvalue weighted by atomic mass is 9.87. The average molecular weight is 442 g/mol. The maximum Gasteiger partial charge on any atom is 0.235 e. The van der Waals surface area contributed by atoms with Gasteiger partial charge < -0.3 is 10.2 Å². The number of piperidine rings is 3. The van der Waals surface area contributed by atoms with Gasteiger partial charge in [0, 0.05) is 37.9 Å². The second kappa shape index (κ2) is 8.90. The molecule has 3 saturated heterocycles. The Hall–Kier alpha value is -2.32. The van der Waals surface area contributed by atoms with Crippen molar-refractivity contribution in [2.24, 2.45) is 13.0 Å². The van der Waals surface area contributed by atoms with Gasteiger partial charge in [-0.05, 0) is 62.9 Å². The number of hydrogen-bond acceptors (Lipinski definition) is 5. The predicted octanol–water partition coefficient (Wildman–Crippen LogP) is 2.22. The summed E-state index contributed by atoms with van der Waals surface area (Å²) in [7, 11) is 1.91. The van der Waals surface area contributed by atoms with E-state index in [1.165, 1.54) is 5.56 Å². The lowest BCUT2D eigenvalue weighted by Crippen LogP contribution is -2.45. The Labute approximate surface area is 187 Å². The maximum absolute atomic E-state index is 14.2. The molecule has 1 unspecified atom stereocenters. The van der Waals surface area contributed by atoms with Crippen LogP contribution in [0.3, 0.4) is 0 Å². The molecular weight excluding hydrogens is 409 g/mol. The third-order valence-corrected chi connectivity index (χ3v) is 7.57. The molecule has 32 heavy (non-hydrogen) atoms. The number of fused-ring (bicyclic) bond motifs is 1. The van der Waals surface area contributed by atoms with Crippen LogP contribution in [-0.4, -0.2) is 65.4 Å². The number of alkyl halides is 1. The number of carbonyl (C=O) groups is 2. The zero-order valence-electron chi connectivity index (χ0n) is 18.6. The molecule has 2 aromatic rings. The average Bonchev–Trinajstić information content (AvgIpc) is 3.11. The first-order valence-electron chi connectivity index (χ1n) is 11.9. The van der Waals surface area contributed by atoms with Crippen molar-refractivity contribution in [3.05, 3.63) is 29.5 Å². The van der Waals surface area contributed by atoms with Crippen LogP contribution < -0.4 is 10.6 Å². The van der Waals surface area contributed by atoms with Crippen molar-refractivity contribution < 1.29 is 14.0 Å². The SMILES string of the molecule is Cn1nc(C2CCC(=O)NC2=O)c2ccc(C3CCN(C[C@@H]4CCNC[C@@H]4F)CC3)cc21. The molecular formula is C24H32FN5O2. The molecule has 4 heterocycles. The number of aromatic nitrogens is 2. The second-order valence-electron chi connectivity index (χ2n) is 9.63. The standard InChI is InChI=1S/C24H32FN5O2/c1-29-21-12-16(2-3-18(21)23(28-29)19-4-5-22(31)27-24(19)32)15-7-10-30(11-8-15)14-17-6-9-26-13-20(17)25/h2-3,12,15,17,19-20,26H,4-11,13-14H2,1H3,(H,27,31,32)/t17-,19?,20-/m0/s1. The number of imide groups is 1. The minimum atomic E-state index is -0.729. The summed E-state index contributed by atoms with van der Waals surface area (Å²) in [6.07, 6.45) is 3.20. The quantitative estimate of drug-likeness (QED) is 0.712. The fourth-order valence-electron chi connectivity index (χ4n) is 5.63. The van der Waals surface area contributed by atoms with Crippen LogP contribution in [0.5, 0.6) is 0 Å². The van der Waals surface area contributed by atoms with Crippen LogP contribution >= 0.6 is 0 Å². The lowest BCUT2D eigenvalue weighted by molar-refractivity contribution is -0.134. The van der Waals surface area contributed by atoms with Gasteiger partial charge in [0.1, 0.15) is 6.17 Å². The van der Waals surface area contributed by atoms with Crippen LogP contribution in [0.25, 0.3) is 10.9 Å². The van der Waals surface area contributed by atoms with Crippen LogP contribution in [0, 0.1) is 5.92 Å². The number of nitrogens with zero attached hydrogens (tertiary/aromatic N) is 3. The highest BCUT2D eigenvalue weighted by atomic mass is 19.1. The highest BCUT2D eigenvalue weighted by Gasteiger charge is 2.32. The van der Waals surface area contributed by atoms with Gasteiger partial charge in [0.2, 0.25) is 11.8 Å². The van der Waals surface area contributed by atoms with Gasteiger partial charge in [0.15, 0.2) is 0 Å². The van der Waals surface area contributed by atoms with Crippen molar-refractivity contribution in [3.63, 3.8) is 0 Å². The molecule has 8 heteroatoms. The molecule has 0 saturated carbocycles. The summed E-state index contributed by atoms with van der Waals surface area (Å²) < 4.78 is 16.0. The molecule has 0 spiro atoms. The van der Waals surface area contributed by atoms with E-state index in [4.69, 9.17) is 0 Å². The Bertz CT molecular complexity index is 1010. The highest BCUT2D eigenvalue weighted by Crippen LogP contribution is 2.34. The van der Waals surface area contributed by atoms with Gasteiger partial charge in [-0.15, -0.1) is 0 Å². The van der Waals surface area contributed by atoms with Gasteiger partial charge in [0.05, 0.1) is 17.1 Å². The number of halogens is 1. The number of likely N-dealkylation sites (tertiary alicyclic amines) is 1. The van der Waals surface area contributed by atoms with Crippen LogP contribution in [-0.2, 0) is 16.6 Å². The molecule has 1 aromatic carbocycles. The van der Waals surface area contributed by atoms with Crippen LogP contribution in [0.4, 0.5) is 4.39 Å². The third-order valence-electron chi connectivity index (χ3n) is 7.57. The van der Waals surface area contributed by atoms with Crippen LogP contribution in [0.1, 0.15) is 55.2 Å². The van der Waals surface area contributed by atoms with E-state index in [9.17, 15) is 14.0 Å². The Kier molecular flexibility index (Phi) is 5.99. The topological polar surface area (TPSA) is 79.3 Å². The summed E-state index contributed by atoms with van der Waals surface area (Å²) in [5.74, 6) is -0.188. The maximum atomic E-state index is 14.2. The number of hydrogen-bond donors (Lipinski definition) is 2. The second-order valence-corrected chi connectivity index (χ2v) is 9.63. The number of benzene rings is 1. The molecule has 5 rings (SSSR count). The van der Waals surface area contributed by atoms with Crippen LogP contribution in [0.15, 0.2) is 18.2 Å². The number of rotatable bonds is 4. The zero-order valence-corrected chi connectivity index (χ0v) is 18.6. The van der Waals surface area contributed by atoms with Crippen molar-refractivity contribution >= 4 is 22.7 Å². The molecule has 0 aliphatic carbocycles. The summed E-state index contributed by atoms with van der Waals surface area (Å²) in [6.45, 7) is 4.30. The minimum absolute atomic E-state index is 0.157. The van der Waals surface area contributed by atoms with Crippen molar-refractivity contribution in [2.45, 2.75) is 50.1 Å². The van der Waals surface area contributed by atoms with Crippen molar-refractivity contribution in [2.75, 3.05) is 32.7 Å². The van der Waals surface area contributed by atoms with Crippen molar-refractivity contribution in [1.29, 1.82) is 0 Å². The monoisotopic (exact) mass is 441 g/mol. The summed E-state index contributed by atoms with van der Waals surface area (Å²) in [4.78, 5) is 26.3. The van der Waals surface area contributed by atoms with Gasteiger partial charge >= 0.3 is 0 Å². The molecule has 0 bridgehead atoms. The zero-order chi connectivity index (χ0) is 22.2. The molecule has 1 aromatic heterocycles. The fraction of sp³-hybridized carbons (Fsp3) is 0.625. The Balaban J connectivity index is 1.27.